The number of thiazole rings is 1. The van der Waals surface area contributed by atoms with Gasteiger partial charge in [0, 0.05) is 49.8 Å². The van der Waals surface area contributed by atoms with Crippen LogP contribution in [0.2, 0.25) is 0 Å². The number of aryl methyl sites for hydroxylation is 1. The second-order valence-corrected chi connectivity index (χ2v) is 10.7. The first-order valence-corrected chi connectivity index (χ1v) is 12.7. The van der Waals surface area contributed by atoms with Gasteiger partial charge < -0.3 is 9.80 Å². The number of hydrogen-bond donors (Lipinski definition) is 0. The fraction of sp³-hybridized carbons (Fsp3) is 0.870. The Bertz CT molecular complexity index is 577. The van der Waals surface area contributed by atoms with E-state index in [1.165, 1.54) is 113 Å². The Kier molecular flexibility index (Phi) is 7.80. The van der Waals surface area contributed by atoms with Crippen molar-refractivity contribution in [3.63, 3.8) is 0 Å². The molecule has 1 atom stereocenters. The summed E-state index contributed by atoms with van der Waals surface area (Å²) < 4.78 is 0. The molecule has 0 unspecified atom stereocenters. The van der Waals surface area contributed by atoms with E-state index in [1.54, 1.807) is 0 Å². The van der Waals surface area contributed by atoms with Crippen LogP contribution >= 0.6 is 11.3 Å². The lowest BCUT2D eigenvalue weighted by Gasteiger charge is -2.39. The largest absolute Gasteiger partial charge is 0.302 e. The molecule has 0 spiro atoms. The average Bonchev–Trinajstić information content (AvgIpc) is 3.39. The predicted molar refractivity (Wildman–Crippen MR) is 119 cm³/mol. The van der Waals surface area contributed by atoms with Gasteiger partial charge in [-0.1, -0.05) is 19.3 Å². The maximum atomic E-state index is 4.50. The number of piperidine rings is 2. The quantitative estimate of drug-likeness (QED) is 0.641. The summed E-state index contributed by atoms with van der Waals surface area (Å²) in [6.07, 6.45) is 15.0. The van der Waals surface area contributed by atoms with Crippen LogP contribution < -0.4 is 0 Å². The fourth-order valence-corrected chi connectivity index (χ4v) is 6.45. The molecule has 0 aromatic carbocycles. The Hall–Kier alpha value is -0.490. The van der Waals surface area contributed by atoms with E-state index >= 15 is 0 Å². The Morgan fingerprint density at radius 3 is 2.61 bits per heavy atom. The van der Waals surface area contributed by atoms with E-state index in [-0.39, 0.29) is 0 Å². The van der Waals surface area contributed by atoms with E-state index in [1.807, 2.05) is 11.3 Å². The van der Waals surface area contributed by atoms with Gasteiger partial charge in [0.1, 0.15) is 0 Å². The summed E-state index contributed by atoms with van der Waals surface area (Å²) in [5.41, 5.74) is 0. The highest BCUT2D eigenvalue weighted by atomic mass is 32.1. The van der Waals surface area contributed by atoms with E-state index in [4.69, 9.17) is 0 Å². The molecular formula is C23H40N4S. The predicted octanol–water partition coefficient (Wildman–Crippen LogP) is 4.39. The molecule has 158 valence electrons. The zero-order valence-corrected chi connectivity index (χ0v) is 18.8. The Labute approximate surface area is 176 Å². The van der Waals surface area contributed by atoms with E-state index in [0.717, 1.165) is 18.5 Å². The first-order valence-electron chi connectivity index (χ1n) is 11.9. The molecule has 2 aliphatic heterocycles. The molecule has 1 aliphatic carbocycles. The highest BCUT2D eigenvalue weighted by molar-refractivity contribution is 7.11. The smallest absolute Gasteiger partial charge is 0.0897 e. The lowest BCUT2D eigenvalue weighted by atomic mass is 9.95. The molecule has 5 heteroatoms. The summed E-state index contributed by atoms with van der Waals surface area (Å²) in [6, 6.07) is 0.897. The molecule has 4 nitrogen and oxygen atoms in total. The second-order valence-electron chi connectivity index (χ2n) is 9.42. The molecule has 0 N–H and O–H groups in total. The van der Waals surface area contributed by atoms with Gasteiger partial charge >= 0.3 is 0 Å². The zero-order valence-electron chi connectivity index (χ0n) is 17.9. The van der Waals surface area contributed by atoms with Crippen molar-refractivity contribution in [1.82, 2.24) is 19.7 Å². The fourth-order valence-electron chi connectivity index (χ4n) is 5.61. The van der Waals surface area contributed by atoms with Crippen LogP contribution in [-0.2, 0) is 6.54 Å². The molecular weight excluding hydrogens is 364 g/mol. The average molecular weight is 405 g/mol. The van der Waals surface area contributed by atoms with E-state index in [9.17, 15) is 0 Å². The summed E-state index contributed by atoms with van der Waals surface area (Å²) in [6.45, 7) is 12.3. The van der Waals surface area contributed by atoms with Crippen LogP contribution in [-0.4, -0.2) is 71.5 Å². The van der Waals surface area contributed by atoms with Crippen LogP contribution in [0.3, 0.4) is 0 Å². The van der Waals surface area contributed by atoms with Crippen LogP contribution in [0, 0.1) is 12.8 Å². The van der Waals surface area contributed by atoms with Crippen LogP contribution in [0.4, 0.5) is 0 Å². The van der Waals surface area contributed by atoms with Crippen molar-refractivity contribution >= 4 is 11.3 Å². The summed E-state index contributed by atoms with van der Waals surface area (Å²) in [7, 11) is 0. The molecule has 28 heavy (non-hydrogen) atoms. The second kappa shape index (κ2) is 10.5. The monoisotopic (exact) mass is 404 g/mol. The first kappa shape index (κ1) is 20.8. The molecule has 3 heterocycles. The summed E-state index contributed by atoms with van der Waals surface area (Å²) >= 11 is 1.88. The summed E-state index contributed by atoms with van der Waals surface area (Å²) in [5, 5.41) is 1.20. The molecule has 0 bridgehead atoms. The molecule has 0 amide bonds. The molecule has 0 radical (unpaired) electrons. The van der Waals surface area contributed by atoms with Crippen molar-refractivity contribution in [2.45, 2.75) is 77.3 Å². The Morgan fingerprint density at radius 2 is 1.86 bits per heavy atom. The lowest BCUT2D eigenvalue weighted by molar-refractivity contribution is 0.0915. The molecule has 1 saturated carbocycles. The zero-order chi connectivity index (χ0) is 19.2. The number of likely N-dealkylation sites (tertiary alicyclic amines) is 2. The lowest BCUT2D eigenvalue weighted by Crippen LogP contribution is -2.46. The molecule has 3 aliphatic rings. The van der Waals surface area contributed by atoms with Gasteiger partial charge in [-0.25, -0.2) is 4.98 Å². The van der Waals surface area contributed by atoms with Crippen molar-refractivity contribution in [3.8, 4) is 0 Å². The third kappa shape index (κ3) is 6.01. The van der Waals surface area contributed by atoms with Gasteiger partial charge in [0.2, 0.25) is 0 Å². The summed E-state index contributed by atoms with van der Waals surface area (Å²) in [4.78, 5) is 14.2. The van der Waals surface area contributed by atoms with Crippen molar-refractivity contribution in [2.24, 2.45) is 5.92 Å². The number of rotatable bonds is 8. The summed E-state index contributed by atoms with van der Waals surface area (Å²) in [5.74, 6) is 0.852. The number of hydrogen-bond acceptors (Lipinski definition) is 5. The normalized spacial score (nSPS) is 25.7. The van der Waals surface area contributed by atoms with Gasteiger partial charge in [0.15, 0.2) is 0 Å². The van der Waals surface area contributed by atoms with Gasteiger partial charge in [-0.2, -0.15) is 0 Å². The first-order chi connectivity index (χ1) is 13.8. The van der Waals surface area contributed by atoms with Crippen molar-refractivity contribution in [1.29, 1.82) is 0 Å². The highest BCUT2D eigenvalue weighted by Crippen LogP contribution is 2.28. The third-order valence-electron chi connectivity index (χ3n) is 7.14. The molecule has 2 saturated heterocycles. The van der Waals surface area contributed by atoms with Crippen LogP contribution in [0.5, 0.6) is 0 Å². The minimum absolute atomic E-state index is 0.852. The van der Waals surface area contributed by atoms with Gasteiger partial charge in [0.05, 0.1) is 5.01 Å². The Balaban J connectivity index is 1.33. The molecule has 1 aromatic heterocycles. The van der Waals surface area contributed by atoms with E-state index in [2.05, 4.69) is 32.8 Å². The maximum absolute atomic E-state index is 4.50. The SMILES string of the molecule is Cc1ncc(CN(CCN2CCCCC2)C[C@H]2CCCN(C3CCCC3)C2)s1. The third-order valence-corrected chi connectivity index (χ3v) is 8.04. The van der Waals surface area contributed by atoms with Crippen molar-refractivity contribution < 1.29 is 0 Å². The molecule has 1 aromatic rings. The maximum Gasteiger partial charge on any atom is 0.0897 e. The minimum Gasteiger partial charge on any atom is -0.302 e. The van der Waals surface area contributed by atoms with Gasteiger partial charge in [-0.15, -0.1) is 11.3 Å². The van der Waals surface area contributed by atoms with Crippen LogP contribution in [0.1, 0.15) is 67.7 Å². The van der Waals surface area contributed by atoms with E-state index in [0.29, 0.717) is 0 Å². The van der Waals surface area contributed by atoms with Crippen molar-refractivity contribution in [2.75, 3.05) is 45.8 Å². The topological polar surface area (TPSA) is 22.6 Å². The highest BCUT2D eigenvalue weighted by Gasteiger charge is 2.29. The standard InChI is InChI=1S/C23H40N4S/c1-20-24-16-23(28-20)19-26(15-14-25-11-5-2-6-12-25)17-21-8-7-13-27(18-21)22-9-3-4-10-22/h16,21-22H,2-15,17-19H2,1H3/t21-/m1/s1. The number of aromatic nitrogens is 1. The van der Waals surface area contributed by atoms with Crippen molar-refractivity contribution in [3.05, 3.63) is 16.1 Å². The van der Waals surface area contributed by atoms with Crippen LogP contribution in [0.15, 0.2) is 6.20 Å². The number of nitrogens with zero attached hydrogens (tertiary/aromatic N) is 4. The van der Waals surface area contributed by atoms with Gasteiger partial charge in [0.25, 0.3) is 0 Å². The molecule has 4 rings (SSSR count). The van der Waals surface area contributed by atoms with Gasteiger partial charge in [-0.3, -0.25) is 4.90 Å². The minimum atomic E-state index is 0.852. The van der Waals surface area contributed by atoms with Crippen LogP contribution in [0.25, 0.3) is 0 Å². The Morgan fingerprint density at radius 1 is 1.04 bits per heavy atom. The van der Waals surface area contributed by atoms with Gasteiger partial charge in [-0.05, 0) is 71.0 Å². The molecule has 3 fully saturated rings. The van der Waals surface area contributed by atoms with E-state index < -0.39 is 0 Å².